The molecule has 0 saturated carbocycles. The molecule has 0 atom stereocenters. The zero-order valence-electron chi connectivity index (χ0n) is 12.7. The van der Waals surface area contributed by atoms with E-state index in [1.165, 1.54) is 11.3 Å². The Labute approximate surface area is 124 Å². The molecule has 0 bridgehead atoms. The summed E-state index contributed by atoms with van der Waals surface area (Å²) in [5, 5.41) is 1.66. The Hall–Kier alpha value is -1.36. The van der Waals surface area contributed by atoms with Crippen LogP contribution in [0.2, 0.25) is 0 Å². The van der Waals surface area contributed by atoms with Crippen LogP contribution in [0.5, 0.6) is 0 Å². The van der Waals surface area contributed by atoms with E-state index in [9.17, 15) is 9.59 Å². The second-order valence-electron chi connectivity index (χ2n) is 5.57. The van der Waals surface area contributed by atoms with Crippen LogP contribution in [0.3, 0.4) is 0 Å². The quantitative estimate of drug-likeness (QED) is 0.752. The van der Waals surface area contributed by atoms with E-state index < -0.39 is 11.9 Å². The summed E-state index contributed by atoms with van der Waals surface area (Å²) in [4.78, 5) is 24.8. The molecule has 1 rings (SSSR count). The molecule has 0 aromatic carbocycles. The van der Waals surface area contributed by atoms with Crippen molar-refractivity contribution in [1.82, 2.24) is 0 Å². The van der Waals surface area contributed by atoms with Crippen molar-refractivity contribution in [2.75, 3.05) is 13.2 Å². The van der Waals surface area contributed by atoms with Crippen LogP contribution >= 0.6 is 11.3 Å². The van der Waals surface area contributed by atoms with Crippen LogP contribution in [0.4, 0.5) is 0 Å². The summed E-state index contributed by atoms with van der Waals surface area (Å²) in [6.07, 6.45) is 0. The lowest BCUT2D eigenvalue weighted by atomic mass is 10.1. The van der Waals surface area contributed by atoms with Gasteiger partial charge in [0.05, 0.1) is 24.3 Å². The van der Waals surface area contributed by atoms with Crippen molar-refractivity contribution in [2.24, 2.45) is 11.8 Å². The Bertz CT molecular complexity index is 474. The van der Waals surface area contributed by atoms with Gasteiger partial charge >= 0.3 is 11.9 Å². The third-order valence-corrected chi connectivity index (χ3v) is 3.41. The van der Waals surface area contributed by atoms with Gasteiger partial charge in [0, 0.05) is 10.3 Å². The fourth-order valence-electron chi connectivity index (χ4n) is 1.49. The molecule has 112 valence electrons. The van der Waals surface area contributed by atoms with Crippen LogP contribution in [-0.4, -0.2) is 25.2 Å². The van der Waals surface area contributed by atoms with Gasteiger partial charge in [0.2, 0.25) is 0 Å². The molecule has 5 heteroatoms. The van der Waals surface area contributed by atoms with Gasteiger partial charge < -0.3 is 9.47 Å². The molecular weight excluding hydrogens is 276 g/mol. The van der Waals surface area contributed by atoms with E-state index in [2.05, 4.69) is 0 Å². The van der Waals surface area contributed by atoms with Gasteiger partial charge in [0.1, 0.15) is 0 Å². The second kappa shape index (κ2) is 7.43. The fraction of sp³-hybridized carbons (Fsp3) is 0.600. The average molecular weight is 298 g/mol. The first-order chi connectivity index (χ1) is 9.32. The monoisotopic (exact) mass is 298 g/mol. The van der Waals surface area contributed by atoms with Gasteiger partial charge in [-0.2, -0.15) is 0 Å². The normalized spacial score (nSPS) is 10.9. The molecule has 0 aliphatic heterocycles. The molecule has 1 aromatic rings. The van der Waals surface area contributed by atoms with Gasteiger partial charge in [-0.05, 0) is 18.8 Å². The van der Waals surface area contributed by atoms with E-state index in [1.807, 2.05) is 27.7 Å². The maximum absolute atomic E-state index is 12.1. The standard InChI is InChI=1S/C15H22O4S/c1-9(2)6-18-14(16)12-8-20-11(5)13(12)15(17)19-7-10(3)4/h8-10H,6-7H2,1-5H3. The Kier molecular flexibility index (Phi) is 6.20. The molecule has 0 unspecified atom stereocenters. The first-order valence-corrected chi connectivity index (χ1v) is 7.63. The number of esters is 2. The molecule has 0 N–H and O–H groups in total. The molecule has 0 amide bonds. The largest absolute Gasteiger partial charge is 0.462 e. The fourth-order valence-corrected chi connectivity index (χ4v) is 2.31. The Balaban J connectivity index is 2.83. The number of aryl methyl sites for hydroxylation is 1. The van der Waals surface area contributed by atoms with Crippen LogP contribution in [0.1, 0.15) is 53.3 Å². The maximum atomic E-state index is 12.1. The smallest absolute Gasteiger partial charge is 0.340 e. The van der Waals surface area contributed by atoms with Crippen molar-refractivity contribution in [2.45, 2.75) is 34.6 Å². The molecule has 1 heterocycles. The van der Waals surface area contributed by atoms with Crippen LogP contribution < -0.4 is 0 Å². The summed E-state index contributed by atoms with van der Waals surface area (Å²) in [6, 6.07) is 0. The Morgan fingerprint density at radius 3 is 2.05 bits per heavy atom. The number of ether oxygens (including phenoxy) is 2. The van der Waals surface area contributed by atoms with Crippen molar-refractivity contribution in [3.8, 4) is 0 Å². The SMILES string of the molecule is Cc1scc(C(=O)OCC(C)C)c1C(=O)OCC(C)C. The van der Waals surface area contributed by atoms with Gasteiger partial charge in [0.25, 0.3) is 0 Å². The number of carbonyl (C=O) groups excluding carboxylic acids is 2. The highest BCUT2D eigenvalue weighted by molar-refractivity contribution is 7.10. The first-order valence-electron chi connectivity index (χ1n) is 6.75. The summed E-state index contributed by atoms with van der Waals surface area (Å²) in [7, 11) is 0. The molecule has 0 radical (unpaired) electrons. The predicted molar refractivity (Wildman–Crippen MR) is 79.3 cm³/mol. The minimum atomic E-state index is -0.459. The molecule has 0 spiro atoms. The lowest BCUT2D eigenvalue weighted by Gasteiger charge is -2.10. The summed E-state index contributed by atoms with van der Waals surface area (Å²) in [6.45, 7) is 10.3. The molecular formula is C15H22O4S. The van der Waals surface area contributed by atoms with E-state index in [0.29, 0.717) is 24.3 Å². The van der Waals surface area contributed by atoms with Gasteiger partial charge in [-0.25, -0.2) is 9.59 Å². The van der Waals surface area contributed by atoms with E-state index in [-0.39, 0.29) is 11.8 Å². The zero-order chi connectivity index (χ0) is 15.3. The van der Waals surface area contributed by atoms with Gasteiger partial charge in [-0.3, -0.25) is 0 Å². The molecule has 20 heavy (non-hydrogen) atoms. The van der Waals surface area contributed by atoms with Crippen molar-refractivity contribution >= 4 is 23.3 Å². The third-order valence-electron chi connectivity index (χ3n) is 2.49. The van der Waals surface area contributed by atoms with E-state index in [0.717, 1.165) is 4.88 Å². The molecule has 1 aromatic heterocycles. The first kappa shape index (κ1) is 16.7. The highest BCUT2D eigenvalue weighted by atomic mass is 32.1. The lowest BCUT2D eigenvalue weighted by molar-refractivity contribution is 0.0413. The maximum Gasteiger partial charge on any atom is 0.340 e. The molecule has 0 fully saturated rings. The lowest BCUT2D eigenvalue weighted by Crippen LogP contribution is -2.16. The minimum Gasteiger partial charge on any atom is -0.462 e. The summed E-state index contributed by atoms with van der Waals surface area (Å²) >= 11 is 1.35. The Morgan fingerprint density at radius 2 is 1.55 bits per heavy atom. The summed E-state index contributed by atoms with van der Waals surface area (Å²) in [5.41, 5.74) is 0.645. The minimum absolute atomic E-state index is 0.259. The number of carbonyl (C=O) groups is 2. The summed E-state index contributed by atoms with van der Waals surface area (Å²) in [5.74, 6) is -0.391. The predicted octanol–water partition coefficient (Wildman–Crippen LogP) is 3.68. The topological polar surface area (TPSA) is 52.6 Å². The van der Waals surface area contributed by atoms with E-state index in [4.69, 9.17) is 9.47 Å². The second-order valence-corrected chi connectivity index (χ2v) is 6.65. The van der Waals surface area contributed by atoms with Crippen LogP contribution in [0.25, 0.3) is 0 Å². The van der Waals surface area contributed by atoms with Gasteiger partial charge in [-0.1, -0.05) is 27.7 Å². The highest BCUT2D eigenvalue weighted by Crippen LogP contribution is 2.24. The van der Waals surface area contributed by atoms with E-state index in [1.54, 1.807) is 12.3 Å². The van der Waals surface area contributed by atoms with Crippen LogP contribution in [0, 0.1) is 18.8 Å². The van der Waals surface area contributed by atoms with Crippen molar-refractivity contribution in [1.29, 1.82) is 0 Å². The zero-order valence-corrected chi connectivity index (χ0v) is 13.5. The number of rotatable bonds is 6. The number of thiophene rings is 1. The highest BCUT2D eigenvalue weighted by Gasteiger charge is 2.24. The molecule has 0 aliphatic carbocycles. The van der Waals surface area contributed by atoms with E-state index >= 15 is 0 Å². The van der Waals surface area contributed by atoms with Crippen molar-refractivity contribution < 1.29 is 19.1 Å². The molecule has 4 nitrogen and oxygen atoms in total. The van der Waals surface area contributed by atoms with Crippen molar-refractivity contribution in [3.63, 3.8) is 0 Å². The number of hydrogen-bond acceptors (Lipinski definition) is 5. The number of hydrogen-bond donors (Lipinski definition) is 0. The average Bonchev–Trinajstić information content (AvgIpc) is 2.75. The van der Waals surface area contributed by atoms with Crippen molar-refractivity contribution in [3.05, 3.63) is 21.4 Å². The molecule has 0 aliphatic rings. The Morgan fingerprint density at radius 1 is 1.05 bits per heavy atom. The van der Waals surface area contributed by atoms with Gasteiger partial charge in [0.15, 0.2) is 0 Å². The van der Waals surface area contributed by atoms with Gasteiger partial charge in [-0.15, -0.1) is 11.3 Å². The third kappa shape index (κ3) is 4.63. The van der Waals surface area contributed by atoms with Crippen LogP contribution in [0.15, 0.2) is 5.38 Å². The summed E-state index contributed by atoms with van der Waals surface area (Å²) < 4.78 is 10.4. The van der Waals surface area contributed by atoms with Crippen LogP contribution in [-0.2, 0) is 9.47 Å². The molecule has 0 saturated heterocycles.